The molecule has 4 N–H and O–H groups in total. The van der Waals surface area contributed by atoms with Crippen molar-refractivity contribution in [3.63, 3.8) is 0 Å². The molecule has 18 heteroatoms. The number of aliphatic hydroxyl groups is 1. The molecule has 2 aliphatic carbocycles. The number of ketones is 3. The van der Waals surface area contributed by atoms with Gasteiger partial charge in [0.1, 0.15) is 42.2 Å². The van der Waals surface area contributed by atoms with E-state index in [4.69, 9.17) is 42.6 Å². The van der Waals surface area contributed by atoms with Gasteiger partial charge >= 0.3 is 0 Å². The van der Waals surface area contributed by atoms with Crippen molar-refractivity contribution in [2.75, 3.05) is 54.2 Å². The fraction of sp³-hybridized carbons (Fsp3) is 0.610. The number of amides is 1. The van der Waals surface area contributed by atoms with Crippen molar-refractivity contribution < 1.29 is 77.1 Å². The topological polar surface area (TPSA) is 227 Å². The zero-order valence-corrected chi connectivity index (χ0v) is 33.3. The number of benzene rings is 2. The van der Waals surface area contributed by atoms with Crippen molar-refractivity contribution in [1.29, 1.82) is 0 Å². The Hall–Kier alpha value is -4.08. The molecule has 4 saturated heterocycles. The third-order valence-corrected chi connectivity index (χ3v) is 12.2. The van der Waals surface area contributed by atoms with Gasteiger partial charge in [-0.05, 0) is 32.3 Å². The molecule has 0 aromatic heterocycles. The number of phenols is 2. The summed E-state index contributed by atoms with van der Waals surface area (Å²) in [6, 6.07) is 4.26. The van der Waals surface area contributed by atoms with Crippen molar-refractivity contribution >= 4 is 23.3 Å². The fourth-order valence-electron chi connectivity index (χ4n) is 9.31. The number of rotatable bonds is 12. The molecule has 320 valence electrons. The number of aromatic hydroxyl groups is 2. The minimum Gasteiger partial charge on any atom is -0.507 e. The number of carbonyl (C=O) groups is 4. The number of methoxy groups -OCH3 is 2. The van der Waals surface area contributed by atoms with Crippen molar-refractivity contribution in [1.82, 2.24) is 10.2 Å². The standard InChI is InChI=1S/C41H50N2O16/c1-19-38-23(43-11-12-54-40(52-4)39(43)59-38)13-29(56-19)58-25-15-41(50,26(44)17-55-28-10-5-7-20(57-28)16-53-18-27(45)42-2)14-22-31(25)37(49)33-32(35(22)47)34(46)21-8-6-9-24(51-3)30(21)36(33)48/h6,8-9,19-20,23,25,28-29,38-40,47,49-50H,5,7,10-18H2,1-4H3,(H,42,45)/t19-,20?,23-,25-,28?,29-,38?,39+,40-,41-/m0/s1. The Balaban J connectivity index is 1.09. The van der Waals surface area contributed by atoms with Gasteiger partial charge in [-0.3, -0.25) is 24.1 Å². The highest BCUT2D eigenvalue weighted by atomic mass is 16.7. The molecular formula is C41H50N2O16. The maximum absolute atomic E-state index is 14.2. The Labute approximate surface area is 339 Å². The van der Waals surface area contributed by atoms with Crippen LogP contribution in [0.2, 0.25) is 0 Å². The van der Waals surface area contributed by atoms with Gasteiger partial charge in [0, 0.05) is 62.7 Å². The third kappa shape index (κ3) is 7.53. The van der Waals surface area contributed by atoms with Crippen molar-refractivity contribution in [2.45, 2.75) is 107 Å². The first-order chi connectivity index (χ1) is 28.4. The van der Waals surface area contributed by atoms with Crippen LogP contribution in [0.25, 0.3) is 0 Å². The Morgan fingerprint density at radius 2 is 1.80 bits per heavy atom. The average Bonchev–Trinajstić information content (AvgIpc) is 3.62. The Morgan fingerprint density at radius 3 is 2.56 bits per heavy atom. The van der Waals surface area contributed by atoms with Gasteiger partial charge in [-0.15, -0.1) is 0 Å². The molecule has 1 amide bonds. The number of phenolic OH excluding ortho intramolecular Hbond substituents is 2. The molecule has 2 aromatic rings. The molecule has 0 radical (unpaired) electrons. The monoisotopic (exact) mass is 826 g/mol. The quantitative estimate of drug-likeness (QED) is 0.189. The summed E-state index contributed by atoms with van der Waals surface area (Å²) in [4.78, 5) is 56.0. The Bertz CT molecular complexity index is 1990. The lowest BCUT2D eigenvalue weighted by Gasteiger charge is -2.43. The Morgan fingerprint density at radius 1 is 1.00 bits per heavy atom. The molecule has 18 nitrogen and oxygen atoms in total. The van der Waals surface area contributed by atoms with Gasteiger partial charge in [0.15, 0.2) is 36.7 Å². The first-order valence-electron chi connectivity index (χ1n) is 19.9. The zero-order valence-electron chi connectivity index (χ0n) is 33.3. The molecule has 4 aliphatic heterocycles. The molecule has 0 saturated carbocycles. The van der Waals surface area contributed by atoms with Crippen molar-refractivity contribution in [2.24, 2.45) is 0 Å². The van der Waals surface area contributed by atoms with Crippen LogP contribution in [0.5, 0.6) is 17.2 Å². The van der Waals surface area contributed by atoms with Gasteiger partial charge < -0.3 is 63.3 Å². The molecule has 10 atom stereocenters. The maximum Gasteiger partial charge on any atom is 0.245 e. The molecule has 0 bridgehead atoms. The number of fused-ring (bicyclic) bond motifs is 6. The van der Waals surface area contributed by atoms with Crippen molar-refractivity contribution in [3.05, 3.63) is 51.6 Å². The lowest BCUT2D eigenvalue weighted by molar-refractivity contribution is -0.256. The van der Waals surface area contributed by atoms with E-state index in [9.17, 15) is 34.5 Å². The lowest BCUT2D eigenvalue weighted by atomic mass is 9.72. The van der Waals surface area contributed by atoms with Crippen molar-refractivity contribution in [3.8, 4) is 17.2 Å². The van der Waals surface area contributed by atoms with Crippen LogP contribution in [0.4, 0.5) is 0 Å². The zero-order chi connectivity index (χ0) is 41.7. The molecular weight excluding hydrogens is 776 g/mol. The summed E-state index contributed by atoms with van der Waals surface area (Å²) in [5.74, 6) is -3.74. The second kappa shape index (κ2) is 16.8. The van der Waals surface area contributed by atoms with E-state index in [-0.39, 0.29) is 71.8 Å². The van der Waals surface area contributed by atoms with Crippen LogP contribution in [0, 0.1) is 0 Å². The molecule has 2 aromatic carbocycles. The summed E-state index contributed by atoms with van der Waals surface area (Å²) in [6.07, 6.45) is -4.34. The maximum atomic E-state index is 14.2. The summed E-state index contributed by atoms with van der Waals surface area (Å²) in [6.45, 7) is 2.22. The first kappa shape index (κ1) is 41.6. The van der Waals surface area contributed by atoms with Gasteiger partial charge in [-0.2, -0.15) is 0 Å². The second-order valence-electron chi connectivity index (χ2n) is 15.7. The predicted molar refractivity (Wildman–Crippen MR) is 200 cm³/mol. The number of nitrogens with one attached hydrogen (secondary N) is 1. The lowest BCUT2D eigenvalue weighted by Crippen LogP contribution is -2.55. The average molecular weight is 827 g/mol. The fourth-order valence-corrected chi connectivity index (χ4v) is 9.31. The summed E-state index contributed by atoms with van der Waals surface area (Å²) in [5, 5.41) is 38.8. The van der Waals surface area contributed by atoms with E-state index in [1.165, 1.54) is 32.4 Å². The second-order valence-corrected chi connectivity index (χ2v) is 15.7. The normalized spacial score (nSPS) is 32.7. The van der Waals surface area contributed by atoms with Crippen LogP contribution < -0.4 is 10.1 Å². The van der Waals surface area contributed by atoms with Crippen LogP contribution >= 0.6 is 0 Å². The van der Waals surface area contributed by atoms with E-state index in [0.29, 0.717) is 32.4 Å². The number of hydrogen-bond donors (Lipinski definition) is 4. The first-order valence-corrected chi connectivity index (χ1v) is 19.9. The van der Waals surface area contributed by atoms with Crippen LogP contribution in [-0.2, 0) is 53.9 Å². The van der Waals surface area contributed by atoms with E-state index < -0.39 is 102 Å². The number of likely N-dealkylation sites (N-methyl/N-ethyl adjacent to an activating group) is 1. The number of Topliss-reactive ketones (excluding diaryl/α,β-unsaturated/α-hetero) is 1. The van der Waals surface area contributed by atoms with Gasteiger partial charge in [-0.25, -0.2) is 0 Å². The van der Waals surface area contributed by atoms with Crippen LogP contribution in [0.1, 0.15) is 88.1 Å². The minimum atomic E-state index is -2.25. The molecule has 3 unspecified atom stereocenters. The molecule has 8 rings (SSSR count). The summed E-state index contributed by atoms with van der Waals surface area (Å²) in [7, 11) is 4.40. The molecule has 4 fully saturated rings. The van der Waals surface area contributed by atoms with E-state index >= 15 is 0 Å². The highest BCUT2D eigenvalue weighted by molar-refractivity contribution is 6.31. The van der Waals surface area contributed by atoms with Crippen LogP contribution in [0.3, 0.4) is 0 Å². The molecule has 6 aliphatic rings. The summed E-state index contributed by atoms with van der Waals surface area (Å²) in [5.41, 5.74) is -3.45. The number of carbonyl (C=O) groups excluding carboxylic acids is 4. The number of nitrogens with zero attached hydrogens (tertiary/aromatic N) is 1. The molecule has 0 spiro atoms. The summed E-state index contributed by atoms with van der Waals surface area (Å²) < 4.78 is 53.3. The van der Waals surface area contributed by atoms with Gasteiger partial charge in [0.25, 0.3) is 0 Å². The number of hydrogen-bond acceptors (Lipinski definition) is 17. The van der Waals surface area contributed by atoms with Gasteiger partial charge in [-0.1, -0.05) is 12.1 Å². The van der Waals surface area contributed by atoms with E-state index in [1.807, 2.05) is 6.92 Å². The van der Waals surface area contributed by atoms with E-state index in [2.05, 4.69) is 10.2 Å². The third-order valence-electron chi connectivity index (χ3n) is 12.2. The SMILES string of the molecule is CNC(=O)COCC1CCCC(OCC(=O)[C@]2(O)Cc3c(O)c4c(c(O)c3[C@@H](O[C@H]3C[C@H]5C(O[C@@H]6[C@@H](OC)OCCN65)[C@H](C)O3)C2)C(=O)c2c(OC)cccc2C4=O)O1. The van der Waals surface area contributed by atoms with Crippen LogP contribution in [-0.4, -0.2) is 153 Å². The smallest absolute Gasteiger partial charge is 0.245 e. The highest BCUT2D eigenvalue weighted by Crippen LogP contribution is 2.53. The largest absolute Gasteiger partial charge is 0.507 e. The van der Waals surface area contributed by atoms with Crippen LogP contribution in [0.15, 0.2) is 18.2 Å². The summed E-state index contributed by atoms with van der Waals surface area (Å²) >= 11 is 0. The van der Waals surface area contributed by atoms with Gasteiger partial charge in [0.05, 0.1) is 55.3 Å². The number of ether oxygens (including phenoxy) is 9. The number of morpholine rings is 1. The molecule has 4 heterocycles. The predicted octanol–water partition coefficient (Wildman–Crippen LogP) is 1.39. The highest BCUT2D eigenvalue weighted by Gasteiger charge is 2.55. The molecule has 59 heavy (non-hydrogen) atoms. The van der Waals surface area contributed by atoms with E-state index in [0.717, 1.165) is 0 Å². The van der Waals surface area contributed by atoms with Gasteiger partial charge in [0.2, 0.25) is 11.7 Å². The minimum absolute atomic E-state index is 0.0419. The Kier molecular flexibility index (Phi) is 11.8. The van der Waals surface area contributed by atoms with E-state index in [1.54, 1.807) is 7.11 Å².